The van der Waals surface area contributed by atoms with Gasteiger partial charge in [-0.3, -0.25) is 28.8 Å². The average Bonchev–Trinajstić information content (AvgIpc) is 2.58. The Bertz CT molecular complexity index is 579. The van der Waals surface area contributed by atoms with Crippen molar-refractivity contribution in [2.45, 2.75) is 52.1 Å². The molecule has 12 nitrogen and oxygen atoms in total. The van der Waals surface area contributed by atoms with Crippen LogP contribution in [-0.4, -0.2) is 74.2 Å². The smallest absolute Gasteiger partial charge is 0.303 e. The molecule has 0 saturated heterocycles. The molecule has 0 aromatic rings. The predicted molar refractivity (Wildman–Crippen MR) is 90.3 cm³/mol. The summed E-state index contributed by atoms with van der Waals surface area (Å²) in [6.07, 6.45) is -7.21. The molecule has 0 aliphatic carbocycles. The van der Waals surface area contributed by atoms with E-state index in [-0.39, 0.29) is 0 Å². The molecular formula is C16H24N2O10. The zero-order chi connectivity index (χ0) is 22.0. The van der Waals surface area contributed by atoms with Gasteiger partial charge in [-0.25, -0.2) is 0 Å². The molecule has 0 aliphatic heterocycles. The molecule has 0 aromatic carbocycles. The van der Waals surface area contributed by atoms with Gasteiger partial charge in [0.05, 0.1) is 0 Å². The first-order valence-corrected chi connectivity index (χ1v) is 8.06. The lowest BCUT2D eigenvalue weighted by atomic mass is 10.0. The van der Waals surface area contributed by atoms with E-state index in [1.54, 1.807) is 0 Å². The Morgan fingerprint density at radius 3 is 0.964 bits per heavy atom. The number of carbonyl (C=O) groups is 6. The summed E-state index contributed by atoms with van der Waals surface area (Å²) >= 11 is 0. The number of hydrogen-bond acceptors (Lipinski definition) is 10. The van der Waals surface area contributed by atoms with Gasteiger partial charge in [0.1, 0.15) is 0 Å². The standard InChI is InChI=1S/C16H24N2O10/c1-7(19)25-11(13(15(23)17-5)27-9(3)21)12(26-8(2)20)14(16(24)18-6)28-10(4)22/h11-14H,1-6H3,(H,17,23)(H,18,24). The maximum absolute atomic E-state index is 12.2. The summed E-state index contributed by atoms with van der Waals surface area (Å²) in [5.41, 5.74) is 0. The molecule has 158 valence electrons. The summed E-state index contributed by atoms with van der Waals surface area (Å²) in [6.45, 7) is 3.94. The average molecular weight is 404 g/mol. The summed E-state index contributed by atoms with van der Waals surface area (Å²) in [5, 5.41) is 4.40. The molecule has 0 saturated carbocycles. The Hall–Kier alpha value is -3.18. The van der Waals surface area contributed by atoms with Crippen LogP contribution in [0.15, 0.2) is 0 Å². The van der Waals surface area contributed by atoms with Crippen LogP contribution >= 0.6 is 0 Å². The Morgan fingerprint density at radius 2 is 0.786 bits per heavy atom. The lowest BCUT2D eigenvalue weighted by Gasteiger charge is -2.34. The second-order valence-electron chi connectivity index (χ2n) is 5.44. The first-order chi connectivity index (χ1) is 12.9. The first kappa shape index (κ1) is 24.8. The third-order valence-electron chi connectivity index (χ3n) is 3.12. The van der Waals surface area contributed by atoms with E-state index < -0.39 is 60.1 Å². The molecule has 4 atom stereocenters. The van der Waals surface area contributed by atoms with Crippen molar-refractivity contribution in [3.63, 3.8) is 0 Å². The van der Waals surface area contributed by atoms with Gasteiger partial charge >= 0.3 is 23.9 Å². The highest BCUT2D eigenvalue weighted by molar-refractivity contribution is 5.86. The Kier molecular flexibility index (Phi) is 10.2. The lowest BCUT2D eigenvalue weighted by molar-refractivity contribution is -0.200. The minimum Gasteiger partial charge on any atom is -0.454 e. The van der Waals surface area contributed by atoms with Crippen LogP contribution in [0, 0.1) is 0 Å². The second-order valence-corrected chi connectivity index (χ2v) is 5.44. The van der Waals surface area contributed by atoms with E-state index in [9.17, 15) is 28.8 Å². The topological polar surface area (TPSA) is 163 Å². The summed E-state index contributed by atoms with van der Waals surface area (Å²) in [4.78, 5) is 70.5. The van der Waals surface area contributed by atoms with Gasteiger partial charge in [0.15, 0.2) is 12.2 Å². The lowest BCUT2D eigenvalue weighted by Crippen LogP contribution is -2.58. The van der Waals surface area contributed by atoms with Gasteiger partial charge in [0.2, 0.25) is 12.2 Å². The number of ether oxygens (including phenoxy) is 4. The van der Waals surface area contributed by atoms with Gasteiger partial charge in [-0.1, -0.05) is 0 Å². The van der Waals surface area contributed by atoms with Crippen LogP contribution in [-0.2, 0) is 47.7 Å². The molecule has 0 fully saturated rings. The van der Waals surface area contributed by atoms with Gasteiger partial charge < -0.3 is 29.6 Å². The zero-order valence-corrected chi connectivity index (χ0v) is 16.4. The molecule has 0 spiro atoms. The van der Waals surface area contributed by atoms with E-state index in [2.05, 4.69) is 10.6 Å². The summed E-state index contributed by atoms with van der Waals surface area (Å²) in [6, 6.07) is 0. The van der Waals surface area contributed by atoms with Crippen molar-refractivity contribution in [3.8, 4) is 0 Å². The van der Waals surface area contributed by atoms with Crippen molar-refractivity contribution in [3.05, 3.63) is 0 Å². The molecule has 0 rings (SSSR count). The van der Waals surface area contributed by atoms with Crippen LogP contribution in [0.3, 0.4) is 0 Å². The Morgan fingerprint density at radius 1 is 0.536 bits per heavy atom. The first-order valence-electron chi connectivity index (χ1n) is 8.06. The van der Waals surface area contributed by atoms with Gasteiger partial charge in [0.25, 0.3) is 11.8 Å². The number of hydrogen-bond donors (Lipinski definition) is 2. The molecule has 28 heavy (non-hydrogen) atoms. The van der Waals surface area contributed by atoms with E-state index in [1.807, 2.05) is 0 Å². The van der Waals surface area contributed by atoms with Crippen LogP contribution in [0.5, 0.6) is 0 Å². The van der Waals surface area contributed by atoms with Gasteiger partial charge in [-0.15, -0.1) is 0 Å². The third kappa shape index (κ3) is 8.01. The zero-order valence-electron chi connectivity index (χ0n) is 16.4. The highest BCUT2D eigenvalue weighted by Gasteiger charge is 2.48. The summed E-state index contributed by atoms with van der Waals surface area (Å²) < 4.78 is 19.9. The van der Waals surface area contributed by atoms with Crippen molar-refractivity contribution in [1.29, 1.82) is 0 Å². The second kappa shape index (κ2) is 11.5. The van der Waals surface area contributed by atoms with Crippen molar-refractivity contribution in [2.24, 2.45) is 0 Å². The normalized spacial score (nSPS) is 14.4. The minimum atomic E-state index is -1.81. The highest BCUT2D eigenvalue weighted by atomic mass is 16.6. The molecule has 4 unspecified atom stereocenters. The van der Waals surface area contributed by atoms with E-state index in [0.29, 0.717) is 0 Å². The summed E-state index contributed by atoms with van der Waals surface area (Å²) in [5.74, 6) is -5.56. The highest BCUT2D eigenvalue weighted by Crippen LogP contribution is 2.20. The van der Waals surface area contributed by atoms with Crippen molar-refractivity contribution >= 4 is 35.7 Å². The summed E-state index contributed by atoms with van der Waals surface area (Å²) in [7, 11) is 2.43. The van der Waals surface area contributed by atoms with Gasteiger partial charge in [-0.05, 0) is 0 Å². The van der Waals surface area contributed by atoms with Crippen molar-refractivity contribution in [2.75, 3.05) is 14.1 Å². The molecule has 2 amide bonds. The van der Waals surface area contributed by atoms with E-state index in [4.69, 9.17) is 18.9 Å². The number of rotatable bonds is 9. The molecule has 0 heterocycles. The number of nitrogens with one attached hydrogen (secondary N) is 2. The van der Waals surface area contributed by atoms with Crippen LogP contribution in [0.25, 0.3) is 0 Å². The Balaban J connectivity index is 6.41. The van der Waals surface area contributed by atoms with E-state index in [1.165, 1.54) is 14.1 Å². The monoisotopic (exact) mass is 404 g/mol. The molecular weight excluding hydrogens is 380 g/mol. The minimum absolute atomic E-state index is 0.919. The molecule has 2 N–H and O–H groups in total. The number of amides is 2. The molecule has 0 aromatic heterocycles. The maximum atomic E-state index is 12.2. The molecule has 12 heteroatoms. The fraction of sp³-hybridized carbons (Fsp3) is 0.625. The molecule has 0 radical (unpaired) electrons. The van der Waals surface area contributed by atoms with Crippen LogP contribution < -0.4 is 10.6 Å². The third-order valence-corrected chi connectivity index (χ3v) is 3.12. The van der Waals surface area contributed by atoms with Crippen LogP contribution in [0.4, 0.5) is 0 Å². The number of carbonyl (C=O) groups excluding carboxylic acids is 6. The quantitative estimate of drug-likeness (QED) is 0.331. The molecule has 0 aliphatic rings. The van der Waals surface area contributed by atoms with Crippen LogP contribution in [0.1, 0.15) is 27.7 Å². The maximum Gasteiger partial charge on any atom is 0.303 e. The van der Waals surface area contributed by atoms with Crippen LogP contribution in [0.2, 0.25) is 0 Å². The van der Waals surface area contributed by atoms with Crippen molar-refractivity contribution in [1.82, 2.24) is 10.6 Å². The number of esters is 4. The molecule has 0 bridgehead atoms. The van der Waals surface area contributed by atoms with E-state index >= 15 is 0 Å². The fourth-order valence-corrected chi connectivity index (χ4v) is 2.17. The predicted octanol–water partition coefficient (Wildman–Crippen LogP) is -1.79. The SMILES string of the molecule is CNC(=O)C(OC(C)=O)C(OC(C)=O)C(OC(C)=O)C(OC(C)=O)C(=O)NC. The fourth-order valence-electron chi connectivity index (χ4n) is 2.17. The van der Waals surface area contributed by atoms with Gasteiger partial charge in [-0.2, -0.15) is 0 Å². The number of likely N-dealkylation sites (N-methyl/N-ethyl adjacent to an activating group) is 2. The van der Waals surface area contributed by atoms with Crippen molar-refractivity contribution < 1.29 is 47.7 Å². The largest absolute Gasteiger partial charge is 0.454 e. The van der Waals surface area contributed by atoms with Gasteiger partial charge in [0, 0.05) is 41.8 Å². The Labute approximate surface area is 161 Å². The van der Waals surface area contributed by atoms with E-state index in [0.717, 1.165) is 27.7 Å².